The Morgan fingerprint density at radius 2 is 1.86 bits per heavy atom. The number of aromatic nitrogens is 2. The summed E-state index contributed by atoms with van der Waals surface area (Å²) in [6.45, 7) is 5.65. The minimum absolute atomic E-state index is 0.253. The lowest BCUT2D eigenvalue weighted by atomic mass is 9.77. The summed E-state index contributed by atoms with van der Waals surface area (Å²) in [5.74, 6) is 0.418. The molecule has 0 bridgehead atoms. The first kappa shape index (κ1) is 25.7. The van der Waals surface area contributed by atoms with Crippen molar-refractivity contribution in [3.63, 3.8) is 0 Å². The van der Waals surface area contributed by atoms with Gasteiger partial charge in [-0.15, -0.1) is 0 Å². The first-order valence-corrected chi connectivity index (χ1v) is 13.7. The van der Waals surface area contributed by atoms with Gasteiger partial charge in [0, 0.05) is 10.8 Å². The van der Waals surface area contributed by atoms with Crippen molar-refractivity contribution in [2.75, 3.05) is 5.32 Å². The van der Waals surface area contributed by atoms with E-state index >= 15 is 0 Å². The summed E-state index contributed by atoms with van der Waals surface area (Å²) in [5, 5.41) is 12.7. The second kappa shape index (κ2) is 10.3. The number of para-hydroxylation sites is 2. The maximum Gasteiger partial charge on any atom is 0.266 e. The molecular formula is C27H32N4O4S. The Morgan fingerprint density at radius 3 is 2.47 bits per heavy atom. The van der Waals surface area contributed by atoms with E-state index in [-0.39, 0.29) is 5.82 Å². The van der Waals surface area contributed by atoms with Crippen LogP contribution in [-0.2, 0) is 14.8 Å². The van der Waals surface area contributed by atoms with Gasteiger partial charge in [0.25, 0.3) is 5.91 Å². The Hall–Kier alpha value is -3.43. The number of hydrogen-bond donors (Lipinski definition) is 2. The number of amides is 1. The highest BCUT2D eigenvalue weighted by Gasteiger charge is 2.45. The highest BCUT2D eigenvalue weighted by atomic mass is 32.2. The number of primary sulfonamides is 1. The molecule has 3 aromatic rings. The number of fused-ring (bicyclic) bond motifs is 1. The number of benzene rings is 2. The number of anilines is 1. The fourth-order valence-corrected chi connectivity index (χ4v) is 6.09. The summed E-state index contributed by atoms with van der Waals surface area (Å²) in [7, 11) is -4.09. The molecule has 0 fully saturated rings. The lowest BCUT2D eigenvalue weighted by Crippen LogP contribution is -2.40. The lowest BCUT2D eigenvalue weighted by molar-refractivity contribution is -0.122. The standard InChI is InChI=1S/C27H32N4O4S/c1-4-20-15-17-27(5-2,18-16-20)26(36(28,33)34)31-23-14-10-9-13-22(23)24(30-31)29-25(32)19(3)35-21-11-7-6-8-12-21/h6-17,19,26H,4-5,18H2,1-3H3,(H2,28,33,34)(H,29,30,32). The van der Waals surface area contributed by atoms with Crippen LogP contribution in [0.15, 0.2) is 78.4 Å². The number of nitrogens with two attached hydrogens (primary N) is 1. The molecule has 3 N–H and O–H groups in total. The fraction of sp³-hybridized carbons (Fsp3) is 0.333. The van der Waals surface area contributed by atoms with Crippen molar-refractivity contribution in [2.24, 2.45) is 10.6 Å². The van der Waals surface area contributed by atoms with E-state index in [9.17, 15) is 13.2 Å². The van der Waals surface area contributed by atoms with Gasteiger partial charge in [0.2, 0.25) is 10.0 Å². The van der Waals surface area contributed by atoms with Crippen LogP contribution >= 0.6 is 0 Å². The normalized spacial score (nSPS) is 19.5. The van der Waals surface area contributed by atoms with Gasteiger partial charge in [0.05, 0.1) is 5.52 Å². The predicted molar refractivity (Wildman–Crippen MR) is 142 cm³/mol. The zero-order chi connectivity index (χ0) is 25.9. The molecule has 8 nitrogen and oxygen atoms in total. The number of ether oxygens (including phenoxy) is 1. The predicted octanol–water partition coefficient (Wildman–Crippen LogP) is 4.92. The average Bonchev–Trinajstić information content (AvgIpc) is 3.21. The molecule has 0 radical (unpaired) electrons. The molecule has 1 aromatic heterocycles. The van der Waals surface area contributed by atoms with E-state index in [0.717, 1.165) is 12.0 Å². The van der Waals surface area contributed by atoms with E-state index in [1.807, 2.05) is 43.3 Å². The molecule has 0 aliphatic heterocycles. The van der Waals surface area contributed by atoms with Crippen LogP contribution in [0.4, 0.5) is 5.82 Å². The third-order valence-electron chi connectivity index (χ3n) is 6.75. The Bertz CT molecular complexity index is 1410. The number of rotatable bonds is 9. The molecule has 1 heterocycles. The average molecular weight is 509 g/mol. The van der Waals surface area contributed by atoms with E-state index in [1.54, 1.807) is 37.3 Å². The summed E-state index contributed by atoms with van der Waals surface area (Å²) in [5.41, 5.74) is 0.930. The van der Waals surface area contributed by atoms with Crippen molar-refractivity contribution in [1.82, 2.24) is 9.78 Å². The molecule has 1 aliphatic rings. The number of nitrogens with zero attached hydrogens (tertiary/aromatic N) is 2. The molecule has 36 heavy (non-hydrogen) atoms. The van der Waals surface area contributed by atoms with Crippen molar-refractivity contribution in [3.05, 3.63) is 78.4 Å². The number of carbonyl (C=O) groups is 1. The molecular weight excluding hydrogens is 476 g/mol. The largest absolute Gasteiger partial charge is 0.481 e. The highest BCUT2D eigenvalue weighted by Crippen LogP contribution is 2.47. The molecule has 0 saturated carbocycles. The first-order valence-electron chi connectivity index (χ1n) is 12.1. The van der Waals surface area contributed by atoms with Gasteiger partial charge in [0.1, 0.15) is 5.75 Å². The quantitative estimate of drug-likeness (QED) is 0.425. The number of hydrogen-bond acceptors (Lipinski definition) is 5. The van der Waals surface area contributed by atoms with Crippen LogP contribution < -0.4 is 15.2 Å². The smallest absolute Gasteiger partial charge is 0.266 e. The zero-order valence-electron chi connectivity index (χ0n) is 20.7. The van der Waals surface area contributed by atoms with E-state index in [0.29, 0.717) is 29.5 Å². The molecule has 9 heteroatoms. The van der Waals surface area contributed by atoms with Gasteiger partial charge in [-0.25, -0.2) is 18.2 Å². The van der Waals surface area contributed by atoms with Gasteiger partial charge >= 0.3 is 0 Å². The van der Waals surface area contributed by atoms with E-state index in [4.69, 9.17) is 9.88 Å². The van der Waals surface area contributed by atoms with Crippen LogP contribution in [0.3, 0.4) is 0 Å². The summed E-state index contributed by atoms with van der Waals surface area (Å²) in [4.78, 5) is 13.0. The lowest BCUT2D eigenvalue weighted by Gasteiger charge is -2.37. The van der Waals surface area contributed by atoms with Gasteiger partial charge in [0.15, 0.2) is 17.3 Å². The number of allylic oxidation sites excluding steroid dienone is 4. The van der Waals surface area contributed by atoms with Crippen molar-refractivity contribution in [1.29, 1.82) is 0 Å². The van der Waals surface area contributed by atoms with Gasteiger partial charge < -0.3 is 10.1 Å². The summed E-state index contributed by atoms with van der Waals surface area (Å²) < 4.78 is 33.4. The second-order valence-electron chi connectivity index (χ2n) is 9.07. The third kappa shape index (κ3) is 5.08. The summed E-state index contributed by atoms with van der Waals surface area (Å²) >= 11 is 0. The van der Waals surface area contributed by atoms with Crippen LogP contribution in [-0.4, -0.2) is 30.2 Å². The minimum atomic E-state index is -4.09. The summed E-state index contributed by atoms with van der Waals surface area (Å²) in [6, 6.07) is 16.2. The number of carbonyl (C=O) groups excluding carboxylic acids is 1. The van der Waals surface area contributed by atoms with Gasteiger partial charge in [-0.2, -0.15) is 5.10 Å². The monoisotopic (exact) mass is 508 g/mol. The second-order valence-corrected chi connectivity index (χ2v) is 10.7. The molecule has 1 amide bonds. The van der Waals surface area contributed by atoms with Crippen LogP contribution in [0, 0.1) is 5.41 Å². The molecule has 2 aromatic carbocycles. The van der Waals surface area contributed by atoms with Crippen LogP contribution in [0.1, 0.15) is 45.4 Å². The maximum atomic E-state index is 13.1. The topological polar surface area (TPSA) is 116 Å². The molecule has 4 rings (SSSR count). The zero-order valence-corrected chi connectivity index (χ0v) is 21.5. The Morgan fingerprint density at radius 1 is 1.17 bits per heavy atom. The SMILES string of the molecule is CCC1=CCC(CC)(C(n2nc(NC(=O)C(C)Oc3ccccc3)c3ccccc32)S(N)(=O)=O)C=C1. The molecule has 1 aliphatic carbocycles. The maximum absolute atomic E-state index is 13.1. The Kier molecular flexibility index (Phi) is 7.33. The van der Waals surface area contributed by atoms with E-state index < -0.39 is 32.8 Å². The van der Waals surface area contributed by atoms with Crippen LogP contribution in [0.2, 0.25) is 0 Å². The van der Waals surface area contributed by atoms with Crippen molar-refractivity contribution in [2.45, 2.75) is 51.5 Å². The highest BCUT2D eigenvalue weighted by molar-refractivity contribution is 7.89. The van der Waals surface area contributed by atoms with Crippen molar-refractivity contribution < 1.29 is 17.9 Å². The summed E-state index contributed by atoms with van der Waals surface area (Å²) in [6.07, 6.45) is 7.11. The molecule has 0 spiro atoms. The van der Waals surface area contributed by atoms with Gasteiger partial charge in [-0.1, -0.05) is 68.0 Å². The third-order valence-corrected chi connectivity index (χ3v) is 8.04. The van der Waals surface area contributed by atoms with Gasteiger partial charge in [-0.3, -0.25) is 4.79 Å². The minimum Gasteiger partial charge on any atom is -0.481 e. The van der Waals surface area contributed by atoms with Gasteiger partial charge in [-0.05, 0) is 50.5 Å². The van der Waals surface area contributed by atoms with Crippen molar-refractivity contribution in [3.8, 4) is 5.75 Å². The first-order chi connectivity index (χ1) is 17.2. The molecule has 0 saturated heterocycles. The van der Waals surface area contributed by atoms with Crippen molar-refractivity contribution >= 4 is 32.7 Å². The Labute approximate surface area is 211 Å². The Balaban J connectivity index is 1.73. The fourth-order valence-electron chi connectivity index (χ4n) is 4.66. The van der Waals surface area contributed by atoms with E-state index in [1.165, 1.54) is 4.68 Å². The van der Waals surface area contributed by atoms with Crippen LogP contribution in [0.5, 0.6) is 5.75 Å². The van der Waals surface area contributed by atoms with Crippen LogP contribution in [0.25, 0.3) is 10.9 Å². The molecule has 190 valence electrons. The van der Waals surface area contributed by atoms with E-state index in [2.05, 4.69) is 23.4 Å². The molecule has 3 atom stereocenters. The number of sulfonamides is 1. The molecule has 3 unspecified atom stereocenters. The number of nitrogens with one attached hydrogen (secondary N) is 1.